The van der Waals surface area contributed by atoms with Gasteiger partial charge in [-0.15, -0.1) is 0 Å². The summed E-state index contributed by atoms with van der Waals surface area (Å²) in [6, 6.07) is 12.0. The van der Waals surface area contributed by atoms with E-state index >= 15 is 0 Å². The van der Waals surface area contributed by atoms with Gasteiger partial charge in [0.1, 0.15) is 11.9 Å². The lowest BCUT2D eigenvalue weighted by Gasteiger charge is -2.15. The molecule has 5 heteroatoms. The van der Waals surface area contributed by atoms with E-state index in [9.17, 15) is 4.39 Å². The first-order valence-corrected chi connectivity index (χ1v) is 6.78. The van der Waals surface area contributed by atoms with Crippen molar-refractivity contribution < 1.29 is 4.39 Å². The van der Waals surface area contributed by atoms with Crippen molar-refractivity contribution in [1.82, 2.24) is 0 Å². The average molecular weight is 304 g/mol. The summed E-state index contributed by atoms with van der Waals surface area (Å²) in [5, 5.41) is 12.7. The van der Waals surface area contributed by atoms with Gasteiger partial charge < -0.3 is 10.2 Å². The predicted molar refractivity (Wildman–Crippen MR) is 84.2 cm³/mol. The van der Waals surface area contributed by atoms with Crippen LogP contribution in [-0.4, -0.2) is 14.1 Å². The van der Waals surface area contributed by atoms with E-state index in [1.54, 1.807) is 6.07 Å². The van der Waals surface area contributed by atoms with E-state index in [0.29, 0.717) is 11.6 Å². The van der Waals surface area contributed by atoms with E-state index in [-0.39, 0.29) is 5.56 Å². The van der Waals surface area contributed by atoms with Gasteiger partial charge in [-0.1, -0.05) is 17.7 Å². The first kappa shape index (κ1) is 15.1. The second-order valence-electron chi connectivity index (χ2n) is 4.84. The third-order valence-electron chi connectivity index (χ3n) is 3.08. The molecule has 0 saturated carbocycles. The third kappa shape index (κ3) is 3.65. The summed E-state index contributed by atoms with van der Waals surface area (Å²) in [6.45, 7) is 0.493. The number of halogens is 2. The summed E-state index contributed by atoms with van der Waals surface area (Å²) >= 11 is 6.20. The molecule has 0 spiro atoms. The van der Waals surface area contributed by atoms with Crippen LogP contribution in [-0.2, 0) is 6.54 Å². The van der Waals surface area contributed by atoms with Crippen molar-refractivity contribution in [2.75, 3.05) is 24.3 Å². The molecule has 0 atom stereocenters. The molecular weight excluding hydrogens is 289 g/mol. The van der Waals surface area contributed by atoms with Gasteiger partial charge >= 0.3 is 0 Å². The van der Waals surface area contributed by atoms with Crippen molar-refractivity contribution in [3.05, 3.63) is 58.4 Å². The highest BCUT2D eigenvalue weighted by Crippen LogP contribution is 2.27. The van der Waals surface area contributed by atoms with Gasteiger partial charge in [-0.3, -0.25) is 0 Å². The van der Waals surface area contributed by atoms with Crippen molar-refractivity contribution in [2.24, 2.45) is 0 Å². The number of nitrogens with zero attached hydrogens (tertiary/aromatic N) is 2. The molecule has 0 heterocycles. The van der Waals surface area contributed by atoms with E-state index in [0.717, 1.165) is 16.9 Å². The number of anilines is 2. The van der Waals surface area contributed by atoms with Crippen LogP contribution in [0.15, 0.2) is 36.4 Å². The molecule has 21 heavy (non-hydrogen) atoms. The summed E-state index contributed by atoms with van der Waals surface area (Å²) in [4.78, 5) is 1.94. The van der Waals surface area contributed by atoms with E-state index in [4.69, 9.17) is 16.9 Å². The van der Waals surface area contributed by atoms with Crippen LogP contribution in [0, 0.1) is 17.1 Å². The minimum Gasteiger partial charge on any atom is -0.381 e. The molecule has 0 aliphatic heterocycles. The molecule has 0 fully saturated rings. The monoisotopic (exact) mass is 303 g/mol. The molecule has 2 aromatic carbocycles. The lowest BCUT2D eigenvalue weighted by molar-refractivity contribution is 0.623. The lowest BCUT2D eigenvalue weighted by atomic mass is 10.1. The zero-order valence-corrected chi connectivity index (χ0v) is 12.6. The molecule has 0 aliphatic rings. The summed E-state index contributed by atoms with van der Waals surface area (Å²) in [5.74, 6) is -0.500. The first-order valence-electron chi connectivity index (χ1n) is 6.40. The number of benzene rings is 2. The maximum absolute atomic E-state index is 13.2. The predicted octanol–water partition coefficient (Wildman–Crippen LogP) is 4.03. The fourth-order valence-electron chi connectivity index (χ4n) is 1.95. The number of nitrogens with one attached hydrogen (secondary N) is 1. The van der Waals surface area contributed by atoms with Crippen molar-refractivity contribution in [2.45, 2.75) is 6.54 Å². The van der Waals surface area contributed by atoms with Gasteiger partial charge in [-0.2, -0.15) is 5.26 Å². The molecule has 0 aliphatic carbocycles. The van der Waals surface area contributed by atoms with Gasteiger partial charge in [0.05, 0.1) is 16.3 Å². The van der Waals surface area contributed by atoms with Gasteiger partial charge in [0.2, 0.25) is 0 Å². The Morgan fingerprint density at radius 2 is 2.00 bits per heavy atom. The van der Waals surface area contributed by atoms with Gasteiger partial charge in [0, 0.05) is 26.3 Å². The molecule has 0 saturated heterocycles. The number of hydrogen-bond acceptors (Lipinski definition) is 3. The smallest absolute Gasteiger partial charge is 0.140 e. The minimum absolute atomic E-state index is 0.0512. The second kappa shape index (κ2) is 6.47. The van der Waals surface area contributed by atoms with Crippen LogP contribution in [0.4, 0.5) is 15.8 Å². The highest BCUT2D eigenvalue weighted by Gasteiger charge is 2.05. The van der Waals surface area contributed by atoms with E-state index < -0.39 is 5.82 Å². The molecule has 2 rings (SSSR count). The molecule has 0 radical (unpaired) electrons. The summed E-state index contributed by atoms with van der Waals surface area (Å²) in [5.41, 5.74) is 2.69. The molecule has 108 valence electrons. The Morgan fingerprint density at radius 3 is 2.62 bits per heavy atom. The quantitative estimate of drug-likeness (QED) is 0.927. The van der Waals surface area contributed by atoms with Crippen LogP contribution in [0.2, 0.25) is 5.02 Å². The van der Waals surface area contributed by atoms with E-state index in [2.05, 4.69) is 5.32 Å². The second-order valence-corrected chi connectivity index (χ2v) is 5.25. The maximum atomic E-state index is 13.2. The summed E-state index contributed by atoms with van der Waals surface area (Å²) < 4.78 is 13.2. The lowest BCUT2D eigenvalue weighted by Crippen LogP contribution is -2.09. The Hall–Kier alpha value is -2.25. The van der Waals surface area contributed by atoms with Crippen molar-refractivity contribution in [1.29, 1.82) is 5.26 Å². The van der Waals surface area contributed by atoms with Crippen molar-refractivity contribution in [3.8, 4) is 6.07 Å². The van der Waals surface area contributed by atoms with Gasteiger partial charge in [-0.05, 0) is 35.9 Å². The Bertz CT molecular complexity index is 692. The molecule has 2 aromatic rings. The van der Waals surface area contributed by atoms with Gasteiger partial charge in [0.15, 0.2) is 0 Å². The van der Waals surface area contributed by atoms with Gasteiger partial charge in [0.25, 0.3) is 0 Å². The maximum Gasteiger partial charge on any atom is 0.140 e. The first-order chi connectivity index (χ1) is 10.0. The Kier molecular flexibility index (Phi) is 4.66. The van der Waals surface area contributed by atoms with Crippen molar-refractivity contribution >= 4 is 23.0 Å². The Labute approximate surface area is 128 Å². The summed E-state index contributed by atoms with van der Waals surface area (Å²) in [7, 11) is 3.85. The van der Waals surface area contributed by atoms with Crippen LogP contribution in [0.25, 0.3) is 0 Å². The Morgan fingerprint density at radius 1 is 1.24 bits per heavy atom. The molecule has 0 amide bonds. The average Bonchev–Trinajstić information content (AvgIpc) is 2.46. The molecule has 0 aromatic heterocycles. The zero-order chi connectivity index (χ0) is 15.4. The highest BCUT2D eigenvalue weighted by atomic mass is 35.5. The summed E-state index contributed by atoms with van der Waals surface area (Å²) in [6.07, 6.45) is 0. The van der Waals surface area contributed by atoms with Crippen LogP contribution in [0.3, 0.4) is 0 Å². The molecule has 0 unspecified atom stereocenters. The standard InChI is InChI=1S/C16H15ClFN3/c1-21(2)16-6-4-13(8-14(16)17)20-10-11-3-5-15(18)12(7-11)9-19/h3-8,20H,10H2,1-2H3. The van der Waals surface area contributed by atoms with Crippen LogP contribution >= 0.6 is 11.6 Å². The molecule has 0 bridgehead atoms. The highest BCUT2D eigenvalue weighted by molar-refractivity contribution is 6.33. The van der Waals surface area contributed by atoms with Crippen LogP contribution in [0.5, 0.6) is 0 Å². The Balaban J connectivity index is 2.10. The number of rotatable bonds is 4. The molecule has 1 N–H and O–H groups in total. The molecular formula is C16H15ClFN3. The normalized spacial score (nSPS) is 10.0. The molecule has 3 nitrogen and oxygen atoms in total. The zero-order valence-electron chi connectivity index (χ0n) is 11.8. The van der Waals surface area contributed by atoms with Crippen LogP contribution in [0.1, 0.15) is 11.1 Å². The number of nitriles is 1. The minimum atomic E-state index is -0.500. The fourth-order valence-corrected chi connectivity index (χ4v) is 2.30. The van der Waals surface area contributed by atoms with E-state index in [1.807, 2.05) is 43.3 Å². The van der Waals surface area contributed by atoms with Crippen LogP contribution < -0.4 is 10.2 Å². The largest absolute Gasteiger partial charge is 0.381 e. The third-order valence-corrected chi connectivity index (χ3v) is 3.38. The topological polar surface area (TPSA) is 39.1 Å². The number of hydrogen-bond donors (Lipinski definition) is 1. The SMILES string of the molecule is CN(C)c1ccc(NCc2ccc(F)c(C#N)c2)cc1Cl. The fraction of sp³-hybridized carbons (Fsp3) is 0.188. The van der Waals surface area contributed by atoms with E-state index in [1.165, 1.54) is 12.1 Å². The van der Waals surface area contributed by atoms with Gasteiger partial charge in [-0.25, -0.2) is 4.39 Å². The van der Waals surface area contributed by atoms with Crippen molar-refractivity contribution in [3.63, 3.8) is 0 Å².